The Balaban J connectivity index is 1.51. The highest BCUT2D eigenvalue weighted by atomic mass is 32.2. The third-order valence-electron chi connectivity index (χ3n) is 5.95. The smallest absolute Gasteiger partial charge is 0.341 e. The summed E-state index contributed by atoms with van der Waals surface area (Å²) in [6, 6.07) is 8.07. The molecule has 37 heavy (non-hydrogen) atoms. The molecule has 0 saturated carbocycles. The van der Waals surface area contributed by atoms with E-state index in [-0.39, 0.29) is 23.7 Å². The first-order chi connectivity index (χ1) is 17.8. The van der Waals surface area contributed by atoms with Crippen LogP contribution in [-0.2, 0) is 28.9 Å². The Hall–Kier alpha value is -3.11. The summed E-state index contributed by atoms with van der Waals surface area (Å²) in [6.45, 7) is 8.05. The van der Waals surface area contributed by atoms with E-state index in [9.17, 15) is 9.59 Å². The highest BCUT2D eigenvalue weighted by Crippen LogP contribution is 2.39. The molecule has 10 heteroatoms. The molecule has 2 aromatic heterocycles. The zero-order chi connectivity index (χ0) is 26.5. The number of nitrogens with one attached hydrogen (secondary N) is 1. The largest absolute Gasteiger partial charge is 0.459 e. The summed E-state index contributed by atoms with van der Waals surface area (Å²) in [6.07, 6.45) is 5.45. The molecular weight excluding hydrogens is 506 g/mol. The first-order valence-corrected chi connectivity index (χ1v) is 14.2. The summed E-state index contributed by atoms with van der Waals surface area (Å²) in [4.78, 5) is 29.1. The van der Waals surface area contributed by atoms with Crippen LogP contribution in [0.25, 0.3) is 11.4 Å². The Morgan fingerprint density at radius 1 is 1.27 bits per heavy atom. The number of esters is 1. The summed E-state index contributed by atoms with van der Waals surface area (Å²) in [5.74, 6) is 0.282. The number of rotatable bonds is 10. The molecule has 0 fully saturated rings. The summed E-state index contributed by atoms with van der Waals surface area (Å²) < 4.78 is 7.45. The Morgan fingerprint density at radius 3 is 2.78 bits per heavy atom. The minimum atomic E-state index is -0.368. The highest BCUT2D eigenvalue weighted by Gasteiger charge is 2.28. The van der Waals surface area contributed by atoms with Gasteiger partial charge >= 0.3 is 5.97 Å². The monoisotopic (exact) mass is 539 g/mol. The Morgan fingerprint density at radius 2 is 2.05 bits per heavy atom. The molecule has 0 bridgehead atoms. The first-order valence-electron chi connectivity index (χ1n) is 12.4. The van der Waals surface area contributed by atoms with Gasteiger partial charge in [0.05, 0.1) is 17.4 Å². The average molecular weight is 540 g/mol. The van der Waals surface area contributed by atoms with Gasteiger partial charge in [0, 0.05) is 36.8 Å². The molecule has 0 saturated heterocycles. The van der Waals surface area contributed by atoms with Gasteiger partial charge in [-0.2, -0.15) is 0 Å². The number of hydrogen-bond acceptors (Lipinski definition) is 8. The number of hydrogen-bond donors (Lipinski definition) is 1. The second-order valence-corrected chi connectivity index (χ2v) is 11.4. The van der Waals surface area contributed by atoms with Crippen LogP contribution in [0.3, 0.4) is 0 Å². The Kier molecular flexibility index (Phi) is 8.71. The zero-order valence-electron chi connectivity index (χ0n) is 21.7. The number of aromatic nitrogens is 3. The lowest BCUT2D eigenvalue weighted by Gasteiger charge is -2.14. The lowest BCUT2D eigenvalue weighted by atomic mass is 9.95. The maximum absolute atomic E-state index is 13.0. The van der Waals surface area contributed by atoms with E-state index in [1.807, 2.05) is 55.6 Å². The third-order valence-corrected chi connectivity index (χ3v) is 8.13. The number of carbonyl (C=O) groups excluding carboxylic acids is 2. The number of ether oxygens (including phenoxy) is 1. The van der Waals surface area contributed by atoms with Crippen LogP contribution >= 0.6 is 23.1 Å². The molecule has 1 amide bonds. The number of carbonyl (C=O) groups is 2. The number of thiophene rings is 1. The molecule has 1 aliphatic rings. The number of fused-ring (bicyclic) bond motifs is 1. The highest BCUT2D eigenvalue weighted by molar-refractivity contribution is 7.99. The molecule has 0 atom stereocenters. The summed E-state index contributed by atoms with van der Waals surface area (Å²) in [5.41, 5.74) is 3.55. The van der Waals surface area contributed by atoms with Gasteiger partial charge in [-0.15, -0.1) is 28.1 Å². The second kappa shape index (κ2) is 12.0. The molecule has 0 aliphatic heterocycles. The molecule has 196 valence electrons. The first kappa shape index (κ1) is 26.9. The van der Waals surface area contributed by atoms with Crippen molar-refractivity contribution in [1.82, 2.24) is 14.8 Å². The van der Waals surface area contributed by atoms with Crippen LogP contribution in [0.5, 0.6) is 0 Å². The van der Waals surface area contributed by atoms with Crippen LogP contribution in [0.1, 0.15) is 47.5 Å². The molecular formula is C27H33N5O3S2. The lowest BCUT2D eigenvalue weighted by Crippen LogP contribution is -2.19. The number of thioether (sulfide) groups is 1. The van der Waals surface area contributed by atoms with Crippen LogP contribution < -0.4 is 10.2 Å². The van der Waals surface area contributed by atoms with E-state index in [4.69, 9.17) is 4.74 Å². The minimum absolute atomic E-state index is 0.133. The number of anilines is 2. The van der Waals surface area contributed by atoms with Crippen molar-refractivity contribution in [2.45, 2.75) is 57.3 Å². The van der Waals surface area contributed by atoms with E-state index in [1.165, 1.54) is 28.0 Å². The Labute approximate surface area is 226 Å². The SMILES string of the molecule is C=CCn1c(SCC(=O)Nc2sc3c(c2C(=O)OC(C)C)CCCC3)nnc1-c1cccc(N(C)C)c1. The van der Waals surface area contributed by atoms with Gasteiger partial charge in [-0.05, 0) is 57.2 Å². The third kappa shape index (κ3) is 6.24. The van der Waals surface area contributed by atoms with E-state index in [2.05, 4.69) is 28.2 Å². The predicted octanol–water partition coefficient (Wildman–Crippen LogP) is 5.43. The molecule has 1 N–H and O–H groups in total. The van der Waals surface area contributed by atoms with Crippen LogP contribution in [0.4, 0.5) is 10.7 Å². The van der Waals surface area contributed by atoms with Crippen LogP contribution in [0.2, 0.25) is 0 Å². The lowest BCUT2D eigenvalue weighted by molar-refractivity contribution is -0.113. The molecule has 8 nitrogen and oxygen atoms in total. The summed E-state index contributed by atoms with van der Waals surface area (Å²) >= 11 is 2.80. The van der Waals surface area contributed by atoms with Crippen molar-refractivity contribution < 1.29 is 14.3 Å². The zero-order valence-corrected chi connectivity index (χ0v) is 23.4. The molecule has 0 unspecified atom stereocenters. The van der Waals surface area contributed by atoms with Crippen molar-refractivity contribution in [3.05, 3.63) is 52.9 Å². The van der Waals surface area contributed by atoms with Gasteiger partial charge in [-0.3, -0.25) is 9.36 Å². The fourth-order valence-corrected chi connectivity index (χ4v) is 6.30. The van der Waals surface area contributed by atoms with Gasteiger partial charge in [0.1, 0.15) is 5.00 Å². The number of amides is 1. The fraction of sp³-hybridized carbons (Fsp3) is 0.407. The number of aryl methyl sites for hydroxylation is 1. The number of allylic oxidation sites excluding steroid dienone is 1. The van der Waals surface area contributed by atoms with E-state index in [0.717, 1.165) is 48.3 Å². The van der Waals surface area contributed by atoms with Gasteiger partial charge in [0.2, 0.25) is 5.91 Å². The van der Waals surface area contributed by atoms with Gasteiger partial charge in [-0.25, -0.2) is 4.79 Å². The average Bonchev–Trinajstić information content (AvgIpc) is 3.43. The molecule has 2 heterocycles. The van der Waals surface area contributed by atoms with Crippen molar-refractivity contribution >= 4 is 45.7 Å². The van der Waals surface area contributed by atoms with E-state index in [1.54, 1.807) is 6.08 Å². The predicted molar refractivity (Wildman–Crippen MR) is 151 cm³/mol. The molecule has 1 aromatic carbocycles. The summed E-state index contributed by atoms with van der Waals surface area (Å²) in [5, 5.41) is 13.0. The van der Waals surface area contributed by atoms with Crippen LogP contribution in [-0.4, -0.2) is 52.6 Å². The van der Waals surface area contributed by atoms with Crippen LogP contribution in [0, 0.1) is 0 Å². The van der Waals surface area contributed by atoms with E-state index >= 15 is 0 Å². The Bertz CT molecular complexity index is 1300. The van der Waals surface area contributed by atoms with Gasteiger partial charge < -0.3 is 15.0 Å². The van der Waals surface area contributed by atoms with Crippen molar-refractivity contribution in [2.75, 3.05) is 30.1 Å². The second-order valence-electron chi connectivity index (χ2n) is 9.36. The molecule has 0 spiro atoms. The normalized spacial score (nSPS) is 12.8. The molecule has 0 radical (unpaired) electrons. The maximum Gasteiger partial charge on any atom is 0.341 e. The number of benzene rings is 1. The summed E-state index contributed by atoms with van der Waals surface area (Å²) in [7, 11) is 3.98. The van der Waals surface area contributed by atoms with Crippen molar-refractivity contribution in [3.63, 3.8) is 0 Å². The molecule has 3 aromatic rings. The van der Waals surface area contributed by atoms with Crippen molar-refractivity contribution in [3.8, 4) is 11.4 Å². The van der Waals surface area contributed by atoms with E-state index in [0.29, 0.717) is 22.3 Å². The standard InChI is InChI=1S/C27H33N5O3S2/c1-6-14-32-24(18-10-9-11-19(15-18)31(4)5)29-30-27(32)36-16-22(33)28-25-23(26(34)35-17(2)3)20-12-7-8-13-21(20)37-25/h6,9-11,15,17H,1,7-8,12-14,16H2,2-5H3,(H,28,33). The molecule has 1 aliphatic carbocycles. The minimum Gasteiger partial charge on any atom is -0.459 e. The topological polar surface area (TPSA) is 89.3 Å². The quantitative estimate of drug-likeness (QED) is 0.209. The van der Waals surface area contributed by atoms with E-state index < -0.39 is 0 Å². The number of nitrogens with zero attached hydrogens (tertiary/aromatic N) is 4. The van der Waals surface area contributed by atoms with Gasteiger partial charge in [0.15, 0.2) is 11.0 Å². The van der Waals surface area contributed by atoms with Gasteiger partial charge in [-0.1, -0.05) is 30.0 Å². The van der Waals surface area contributed by atoms with Gasteiger partial charge in [0.25, 0.3) is 0 Å². The molecule has 4 rings (SSSR count). The maximum atomic E-state index is 13.0. The van der Waals surface area contributed by atoms with Crippen molar-refractivity contribution in [2.24, 2.45) is 0 Å². The van der Waals surface area contributed by atoms with Crippen molar-refractivity contribution in [1.29, 1.82) is 0 Å². The van der Waals surface area contributed by atoms with Crippen LogP contribution in [0.15, 0.2) is 42.1 Å². The fourth-order valence-electron chi connectivity index (χ4n) is 4.26.